The summed E-state index contributed by atoms with van der Waals surface area (Å²) in [5.41, 5.74) is 5.32. The van der Waals surface area contributed by atoms with E-state index in [-0.39, 0.29) is 12.3 Å². The maximum Gasteiger partial charge on any atom is 0.123 e. The summed E-state index contributed by atoms with van der Waals surface area (Å²) in [4.78, 5) is 1.80. The molecule has 0 aromatic carbocycles. The second kappa shape index (κ2) is 1.43. The molecule has 0 saturated carbocycles. The van der Waals surface area contributed by atoms with Gasteiger partial charge in [0.2, 0.25) is 0 Å². The third-order valence-corrected chi connectivity index (χ3v) is 1.33. The zero-order valence-corrected chi connectivity index (χ0v) is 4.33. The summed E-state index contributed by atoms with van der Waals surface area (Å²) in [6, 6.07) is -0.00926. The Morgan fingerprint density at radius 1 is 1.86 bits per heavy atom. The van der Waals surface area contributed by atoms with Crippen LogP contribution in [0.5, 0.6) is 0 Å². The van der Waals surface area contributed by atoms with Gasteiger partial charge < -0.3 is 10.8 Å². The van der Waals surface area contributed by atoms with E-state index in [1.165, 1.54) is 0 Å². The summed E-state index contributed by atoms with van der Waals surface area (Å²) in [7, 11) is 1.84. The van der Waals surface area contributed by atoms with Gasteiger partial charge in [0.05, 0.1) is 6.04 Å². The monoisotopic (exact) mass is 102 g/mol. The highest BCUT2D eigenvalue weighted by Gasteiger charge is 2.30. The number of hydrogen-bond acceptors (Lipinski definition) is 3. The molecule has 1 fully saturated rings. The van der Waals surface area contributed by atoms with Crippen molar-refractivity contribution in [1.82, 2.24) is 4.90 Å². The highest BCUT2D eigenvalue weighted by atomic mass is 16.3. The van der Waals surface area contributed by atoms with Crippen LogP contribution in [-0.4, -0.2) is 35.9 Å². The molecule has 3 N–H and O–H groups in total. The zero-order chi connectivity index (χ0) is 5.44. The maximum atomic E-state index is 8.79. The first kappa shape index (κ1) is 5.03. The summed E-state index contributed by atoms with van der Waals surface area (Å²) >= 11 is 0. The number of rotatable bonds is 0. The summed E-state index contributed by atoms with van der Waals surface area (Å²) in [5.74, 6) is 0. The number of aliphatic hydroxyl groups is 1. The molecule has 1 saturated heterocycles. The van der Waals surface area contributed by atoms with Gasteiger partial charge in [0.1, 0.15) is 6.23 Å². The van der Waals surface area contributed by atoms with Crippen LogP contribution in [0.25, 0.3) is 0 Å². The van der Waals surface area contributed by atoms with Crippen LogP contribution in [0.1, 0.15) is 0 Å². The van der Waals surface area contributed by atoms with E-state index >= 15 is 0 Å². The summed E-state index contributed by atoms with van der Waals surface area (Å²) in [6.07, 6.45) is -0.389. The lowest BCUT2D eigenvalue weighted by molar-refractivity contribution is -0.0752. The molecule has 0 spiro atoms. The molecular formula is C4H10N2O. The number of aliphatic hydroxyl groups excluding tert-OH is 1. The van der Waals surface area contributed by atoms with Crippen molar-refractivity contribution in [2.75, 3.05) is 13.6 Å². The van der Waals surface area contributed by atoms with Crippen molar-refractivity contribution in [3.8, 4) is 0 Å². The van der Waals surface area contributed by atoms with Gasteiger partial charge in [-0.1, -0.05) is 0 Å². The Morgan fingerprint density at radius 3 is 2.43 bits per heavy atom. The molecule has 7 heavy (non-hydrogen) atoms. The van der Waals surface area contributed by atoms with Gasteiger partial charge in [-0.2, -0.15) is 0 Å². The van der Waals surface area contributed by atoms with Crippen LogP contribution in [0, 0.1) is 0 Å². The Morgan fingerprint density at radius 2 is 2.43 bits per heavy atom. The van der Waals surface area contributed by atoms with Crippen LogP contribution in [0.2, 0.25) is 0 Å². The lowest BCUT2D eigenvalue weighted by atomic mass is 10.1. The average Bonchev–Trinajstić information content (AvgIpc) is 1.68. The van der Waals surface area contributed by atoms with Gasteiger partial charge in [-0.3, -0.25) is 4.90 Å². The predicted molar refractivity (Wildman–Crippen MR) is 26.6 cm³/mol. The fourth-order valence-corrected chi connectivity index (χ4v) is 0.724. The molecule has 2 unspecified atom stereocenters. The molecule has 42 valence electrons. The summed E-state index contributed by atoms with van der Waals surface area (Å²) < 4.78 is 0. The summed E-state index contributed by atoms with van der Waals surface area (Å²) in [5, 5.41) is 8.79. The van der Waals surface area contributed by atoms with Gasteiger partial charge in [0.25, 0.3) is 0 Å². The second-order valence-electron chi connectivity index (χ2n) is 2.02. The van der Waals surface area contributed by atoms with Crippen molar-refractivity contribution in [3.63, 3.8) is 0 Å². The molecule has 0 bridgehead atoms. The maximum absolute atomic E-state index is 8.79. The van der Waals surface area contributed by atoms with E-state index in [0.717, 1.165) is 6.54 Å². The normalized spacial score (nSPS) is 43.3. The minimum absolute atomic E-state index is 0.00926. The Hall–Kier alpha value is -0.120. The largest absolute Gasteiger partial charge is 0.377 e. The fraction of sp³-hybridized carbons (Fsp3) is 1.00. The lowest BCUT2D eigenvalue weighted by Gasteiger charge is -2.39. The second-order valence-corrected chi connectivity index (χ2v) is 2.02. The molecule has 0 aromatic rings. The molecule has 2 atom stereocenters. The quantitative estimate of drug-likeness (QED) is 0.394. The first-order valence-electron chi connectivity index (χ1n) is 2.35. The van der Waals surface area contributed by atoms with Crippen molar-refractivity contribution in [2.45, 2.75) is 12.3 Å². The van der Waals surface area contributed by atoms with E-state index in [0.29, 0.717) is 0 Å². The van der Waals surface area contributed by atoms with Gasteiger partial charge in [0.15, 0.2) is 0 Å². The molecule has 0 aromatic heterocycles. The third-order valence-electron chi connectivity index (χ3n) is 1.33. The standard InChI is InChI=1S/C4H10N2O/c1-6-2-3(5)4(6)7/h3-4,7H,2,5H2,1H3. The first-order valence-corrected chi connectivity index (χ1v) is 2.35. The highest BCUT2D eigenvalue weighted by Crippen LogP contribution is 2.08. The van der Waals surface area contributed by atoms with Gasteiger partial charge in [-0.05, 0) is 7.05 Å². The topological polar surface area (TPSA) is 49.5 Å². The van der Waals surface area contributed by atoms with E-state index in [2.05, 4.69) is 0 Å². The predicted octanol–water partition coefficient (Wildman–Crippen LogP) is -1.42. The first-order chi connectivity index (χ1) is 3.22. The van der Waals surface area contributed by atoms with Crippen molar-refractivity contribution in [1.29, 1.82) is 0 Å². The zero-order valence-electron chi connectivity index (χ0n) is 4.33. The van der Waals surface area contributed by atoms with E-state index in [1.54, 1.807) is 4.90 Å². The smallest absolute Gasteiger partial charge is 0.123 e. The Labute approximate surface area is 42.7 Å². The van der Waals surface area contributed by atoms with Gasteiger partial charge in [-0.25, -0.2) is 0 Å². The summed E-state index contributed by atoms with van der Waals surface area (Å²) in [6.45, 7) is 0.821. The number of nitrogens with two attached hydrogens (primary N) is 1. The van der Waals surface area contributed by atoms with Crippen LogP contribution in [0.4, 0.5) is 0 Å². The Balaban J connectivity index is 2.29. The van der Waals surface area contributed by atoms with E-state index in [1.807, 2.05) is 7.05 Å². The molecule has 1 heterocycles. The lowest BCUT2D eigenvalue weighted by Crippen LogP contribution is -2.62. The van der Waals surface area contributed by atoms with Crippen LogP contribution in [0.3, 0.4) is 0 Å². The van der Waals surface area contributed by atoms with Crippen molar-refractivity contribution < 1.29 is 5.11 Å². The minimum atomic E-state index is -0.389. The van der Waals surface area contributed by atoms with Gasteiger partial charge in [-0.15, -0.1) is 0 Å². The Bertz CT molecular complexity index is 68.1. The van der Waals surface area contributed by atoms with Crippen LogP contribution in [-0.2, 0) is 0 Å². The van der Waals surface area contributed by atoms with E-state index in [4.69, 9.17) is 10.8 Å². The molecule has 1 aliphatic heterocycles. The van der Waals surface area contributed by atoms with Crippen molar-refractivity contribution in [2.24, 2.45) is 5.73 Å². The molecule has 0 amide bonds. The van der Waals surface area contributed by atoms with Crippen molar-refractivity contribution in [3.05, 3.63) is 0 Å². The van der Waals surface area contributed by atoms with Crippen molar-refractivity contribution >= 4 is 0 Å². The van der Waals surface area contributed by atoms with Gasteiger partial charge >= 0.3 is 0 Å². The van der Waals surface area contributed by atoms with Gasteiger partial charge in [0, 0.05) is 6.54 Å². The SMILES string of the molecule is CN1CC(N)C1O. The molecule has 3 nitrogen and oxygen atoms in total. The number of nitrogens with zero attached hydrogens (tertiary/aromatic N) is 1. The molecule has 3 heteroatoms. The molecule has 0 radical (unpaired) electrons. The number of hydrogen-bond donors (Lipinski definition) is 2. The third kappa shape index (κ3) is 0.627. The van der Waals surface area contributed by atoms with Crippen LogP contribution < -0.4 is 5.73 Å². The fourth-order valence-electron chi connectivity index (χ4n) is 0.724. The number of likely N-dealkylation sites (N-methyl/N-ethyl adjacent to an activating group) is 1. The molecular weight excluding hydrogens is 92.1 g/mol. The van der Waals surface area contributed by atoms with Crippen LogP contribution >= 0.6 is 0 Å². The Kier molecular flexibility index (Phi) is 1.03. The molecule has 1 aliphatic rings. The number of likely N-dealkylation sites (tertiary alicyclic amines) is 1. The van der Waals surface area contributed by atoms with E-state index in [9.17, 15) is 0 Å². The minimum Gasteiger partial charge on any atom is -0.377 e. The molecule has 0 aliphatic carbocycles. The molecule has 1 rings (SSSR count). The van der Waals surface area contributed by atoms with Crippen LogP contribution in [0.15, 0.2) is 0 Å². The van der Waals surface area contributed by atoms with E-state index < -0.39 is 0 Å². The average molecular weight is 102 g/mol. The highest BCUT2D eigenvalue weighted by molar-refractivity contribution is 4.84.